The Hall–Kier alpha value is -3.73. The van der Waals surface area contributed by atoms with Crippen molar-refractivity contribution in [1.29, 1.82) is 0 Å². The van der Waals surface area contributed by atoms with Crippen LogP contribution in [0.25, 0.3) is 22.3 Å². The Morgan fingerprint density at radius 3 is 1.81 bits per heavy atom. The van der Waals surface area contributed by atoms with Crippen molar-refractivity contribution in [3.8, 4) is 22.3 Å². The molecule has 1 fully saturated rings. The number of rotatable bonds is 5. The standard InChI is InChI=1S/C18H18N4OS.C8H5FN2S/c1-3-17(22-6-8-23-9-7-22)4-2-16(1)21-18-19-11-15(12-20-18)14-5-10-24-13-14;9-8-10-3-7(4-11-8)6-1-2-12-5-6/h1-5,10-13H,6-9H2,(H,19,20,21);1-5H. The second kappa shape index (κ2) is 11.8. The Morgan fingerprint density at radius 1 is 0.722 bits per heavy atom. The van der Waals surface area contributed by atoms with Gasteiger partial charge in [0.05, 0.1) is 13.2 Å². The molecule has 10 heteroatoms. The second-order valence-corrected chi connectivity index (χ2v) is 9.39. The lowest BCUT2D eigenvalue weighted by molar-refractivity contribution is 0.122. The molecule has 182 valence electrons. The zero-order chi connectivity index (χ0) is 24.6. The molecule has 0 aliphatic carbocycles. The lowest BCUT2D eigenvalue weighted by Crippen LogP contribution is -2.36. The third-order valence-electron chi connectivity index (χ3n) is 5.48. The summed E-state index contributed by atoms with van der Waals surface area (Å²) in [6.45, 7) is 3.48. The summed E-state index contributed by atoms with van der Waals surface area (Å²) in [6, 6.07) is 12.4. The van der Waals surface area contributed by atoms with Crippen LogP contribution in [0.2, 0.25) is 0 Å². The summed E-state index contributed by atoms with van der Waals surface area (Å²) in [5.41, 5.74) is 6.26. The molecule has 1 aliphatic heterocycles. The van der Waals surface area contributed by atoms with Crippen molar-refractivity contribution < 1.29 is 9.13 Å². The number of nitrogens with zero attached hydrogens (tertiary/aromatic N) is 5. The van der Waals surface area contributed by atoms with Gasteiger partial charge in [-0.2, -0.15) is 27.1 Å². The highest BCUT2D eigenvalue weighted by Gasteiger charge is 2.11. The zero-order valence-corrected chi connectivity index (χ0v) is 20.9. The van der Waals surface area contributed by atoms with Gasteiger partial charge in [-0.15, -0.1) is 0 Å². The van der Waals surface area contributed by atoms with E-state index in [0.29, 0.717) is 5.95 Å². The third-order valence-corrected chi connectivity index (χ3v) is 6.85. The van der Waals surface area contributed by atoms with E-state index in [-0.39, 0.29) is 0 Å². The maximum atomic E-state index is 12.3. The van der Waals surface area contributed by atoms with Gasteiger partial charge in [0.25, 0.3) is 0 Å². The number of hydrogen-bond donors (Lipinski definition) is 1. The van der Waals surface area contributed by atoms with Crippen LogP contribution >= 0.6 is 22.7 Å². The zero-order valence-electron chi connectivity index (χ0n) is 19.3. The summed E-state index contributed by atoms with van der Waals surface area (Å²) in [7, 11) is 0. The van der Waals surface area contributed by atoms with Gasteiger partial charge in [0, 0.05) is 60.4 Å². The van der Waals surface area contributed by atoms with E-state index in [4.69, 9.17) is 4.74 Å². The minimum atomic E-state index is -0.686. The third kappa shape index (κ3) is 6.28. The van der Waals surface area contributed by atoms with Gasteiger partial charge >= 0.3 is 6.08 Å². The van der Waals surface area contributed by atoms with E-state index in [9.17, 15) is 4.39 Å². The van der Waals surface area contributed by atoms with Gasteiger partial charge in [-0.1, -0.05) is 0 Å². The molecule has 5 heterocycles. The van der Waals surface area contributed by atoms with E-state index in [1.165, 1.54) is 18.1 Å². The minimum Gasteiger partial charge on any atom is -0.378 e. The highest BCUT2D eigenvalue weighted by atomic mass is 32.1. The summed E-state index contributed by atoms with van der Waals surface area (Å²) in [5.74, 6) is 0.605. The van der Waals surface area contributed by atoms with Crippen LogP contribution in [0.4, 0.5) is 21.7 Å². The smallest absolute Gasteiger partial charge is 0.308 e. The average molecular weight is 519 g/mol. The van der Waals surface area contributed by atoms with Gasteiger partial charge in [-0.3, -0.25) is 0 Å². The average Bonchev–Trinajstić information content (AvgIpc) is 3.66. The molecule has 0 radical (unpaired) electrons. The fourth-order valence-corrected chi connectivity index (χ4v) is 4.90. The molecule has 0 unspecified atom stereocenters. The summed E-state index contributed by atoms with van der Waals surface area (Å²) in [4.78, 5) is 18.1. The number of benzene rings is 1. The molecular weight excluding hydrogens is 495 g/mol. The fraction of sp³-hybridized carbons (Fsp3) is 0.154. The molecule has 0 amide bonds. The van der Waals surface area contributed by atoms with Crippen LogP contribution in [0.15, 0.2) is 82.7 Å². The number of aromatic nitrogens is 4. The van der Waals surface area contributed by atoms with Crippen LogP contribution < -0.4 is 10.2 Å². The second-order valence-electron chi connectivity index (χ2n) is 7.83. The summed E-state index contributed by atoms with van der Waals surface area (Å²) in [5, 5.41) is 11.3. The molecule has 1 saturated heterocycles. The molecule has 0 atom stereocenters. The monoisotopic (exact) mass is 518 g/mol. The van der Waals surface area contributed by atoms with E-state index in [1.807, 2.05) is 29.2 Å². The Bertz CT molecular complexity index is 1320. The van der Waals surface area contributed by atoms with Crippen LogP contribution in [0.3, 0.4) is 0 Å². The van der Waals surface area contributed by atoms with Gasteiger partial charge in [0.1, 0.15) is 0 Å². The van der Waals surface area contributed by atoms with Gasteiger partial charge < -0.3 is 15.0 Å². The normalized spacial score (nSPS) is 13.1. The first-order valence-corrected chi connectivity index (χ1v) is 13.2. The molecule has 5 aromatic rings. The molecule has 36 heavy (non-hydrogen) atoms. The maximum absolute atomic E-state index is 12.3. The van der Waals surface area contributed by atoms with Crippen LogP contribution in [-0.2, 0) is 4.74 Å². The molecule has 1 aliphatic rings. The van der Waals surface area contributed by atoms with Crippen molar-refractivity contribution in [2.45, 2.75) is 0 Å². The summed E-state index contributed by atoms with van der Waals surface area (Å²) >= 11 is 3.26. The highest BCUT2D eigenvalue weighted by Crippen LogP contribution is 2.23. The largest absolute Gasteiger partial charge is 0.378 e. The van der Waals surface area contributed by atoms with Crippen molar-refractivity contribution in [1.82, 2.24) is 19.9 Å². The van der Waals surface area contributed by atoms with Crippen LogP contribution in [-0.4, -0.2) is 46.2 Å². The quantitative estimate of drug-likeness (QED) is 0.281. The van der Waals surface area contributed by atoms with Gasteiger partial charge in [-0.25, -0.2) is 19.9 Å². The predicted octanol–water partition coefficient (Wildman–Crippen LogP) is 6.13. The Morgan fingerprint density at radius 2 is 1.28 bits per heavy atom. The molecule has 0 spiro atoms. The molecule has 1 N–H and O–H groups in total. The summed E-state index contributed by atoms with van der Waals surface area (Å²) in [6.07, 6.45) is 5.96. The van der Waals surface area contributed by atoms with Crippen molar-refractivity contribution in [2.75, 3.05) is 36.5 Å². The Labute approximate surface area is 216 Å². The number of halogens is 1. The van der Waals surface area contributed by atoms with Crippen LogP contribution in [0, 0.1) is 6.08 Å². The number of hydrogen-bond acceptors (Lipinski definition) is 9. The highest BCUT2D eigenvalue weighted by molar-refractivity contribution is 7.08. The number of morpholine rings is 1. The lowest BCUT2D eigenvalue weighted by atomic mass is 10.2. The van der Waals surface area contributed by atoms with Gasteiger partial charge in [0.15, 0.2) is 0 Å². The van der Waals surface area contributed by atoms with Crippen molar-refractivity contribution >= 4 is 40.0 Å². The topological polar surface area (TPSA) is 76.1 Å². The van der Waals surface area contributed by atoms with Crippen LogP contribution in [0.5, 0.6) is 0 Å². The van der Waals surface area contributed by atoms with Crippen molar-refractivity contribution in [3.63, 3.8) is 0 Å². The number of thiophene rings is 2. The van der Waals surface area contributed by atoms with E-state index >= 15 is 0 Å². The maximum Gasteiger partial charge on any atom is 0.308 e. The van der Waals surface area contributed by atoms with Crippen molar-refractivity contribution in [2.24, 2.45) is 0 Å². The summed E-state index contributed by atoms with van der Waals surface area (Å²) < 4.78 is 17.7. The Kier molecular flexibility index (Phi) is 7.86. The molecule has 1 aromatic carbocycles. The van der Waals surface area contributed by atoms with E-state index in [0.717, 1.165) is 54.2 Å². The molecule has 0 bridgehead atoms. The molecular formula is C26H23FN6OS2. The first-order valence-electron chi connectivity index (χ1n) is 11.3. The fourth-order valence-electron chi connectivity index (χ4n) is 3.57. The lowest BCUT2D eigenvalue weighted by Gasteiger charge is -2.28. The molecule has 6 rings (SSSR count). The number of nitrogens with one attached hydrogen (secondary N) is 1. The first-order chi connectivity index (χ1) is 17.7. The van der Waals surface area contributed by atoms with Gasteiger partial charge in [0.2, 0.25) is 5.95 Å². The Balaban J connectivity index is 0.000000186. The number of anilines is 3. The molecule has 4 aromatic heterocycles. The van der Waals surface area contributed by atoms with E-state index in [2.05, 4.69) is 71.2 Å². The van der Waals surface area contributed by atoms with E-state index in [1.54, 1.807) is 22.7 Å². The molecule has 7 nitrogen and oxygen atoms in total. The van der Waals surface area contributed by atoms with E-state index < -0.39 is 6.08 Å². The van der Waals surface area contributed by atoms with Gasteiger partial charge in [-0.05, 0) is 69.0 Å². The predicted molar refractivity (Wildman–Crippen MR) is 143 cm³/mol. The minimum absolute atomic E-state index is 0.605. The first kappa shape index (κ1) is 24.0. The van der Waals surface area contributed by atoms with Crippen LogP contribution in [0.1, 0.15) is 0 Å². The SMILES string of the molecule is Fc1ncc(-c2ccsc2)cn1.c1cc(-c2cnc(Nc3ccc(N4CCOCC4)cc3)nc2)cs1. The van der Waals surface area contributed by atoms with Crippen molar-refractivity contribution in [3.05, 3.63) is 88.8 Å². The molecule has 0 saturated carbocycles. The number of ether oxygens (including phenoxy) is 1.